The summed E-state index contributed by atoms with van der Waals surface area (Å²) in [4.78, 5) is 11.4. The average Bonchev–Trinajstić information content (AvgIpc) is 3.59. The maximum Gasteiger partial charge on any atom is 0.303 e. The van der Waals surface area contributed by atoms with Gasteiger partial charge in [-0.1, -0.05) is 58.1 Å². The molecule has 27 atom stereocenters. The van der Waals surface area contributed by atoms with Crippen molar-refractivity contribution in [3.05, 3.63) is 36.0 Å². The number of fused-ring (bicyclic) bond motifs is 8. The lowest BCUT2D eigenvalue weighted by molar-refractivity contribution is -0.369. The predicted molar refractivity (Wildman–Crippen MR) is 276 cm³/mol. The van der Waals surface area contributed by atoms with Gasteiger partial charge in [0.25, 0.3) is 0 Å². The molecule has 0 bridgehead atoms. The molecule has 0 amide bonds. The first-order chi connectivity index (χ1) is 35.5. The van der Waals surface area contributed by atoms with Crippen LogP contribution in [0.25, 0.3) is 0 Å². The number of aliphatic hydroxyl groups is 4. The Morgan fingerprint density at radius 2 is 1.51 bits per heavy atom. The van der Waals surface area contributed by atoms with E-state index in [1.807, 2.05) is 20.8 Å². The molecule has 16 nitrogen and oxygen atoms in total. The van der Waals surface area contributed by atoms with E-state index in [9.17, 15) is 30.3 Å². The highest BCUT2D eigenvalue weighted by Crippen LogP contribution is 2.54. The maximum atomic E-state index is 12.4. The summed E-state index contributed by atoms with van der Waals surface area (Å²) >= 11 is 0. The summed E-state index contributed by atoms with van der Waals surface area (Å²) in [5, 5.41) is 54.2. The van der Waals surface area contributed by atoms with Crippen molar-refractivity contribution in [2.24, 2.45) is 23.7 Å². The minimum atomic E-state index is -1.05. The van der Waals surface area contributed by atoms with Crippen LogP contribution in [0.5, 0.6) is 0 Å². The Morgan fingerprint density at radius 1 is 0.773 bits per heavy atom. The van der Waals surface area contributed by atoms with Crippen molar-refractivity contribution < 1.29 is 77.7 Å². The van der Waals surface area contributed by atoms with E-state index in [2.05, 4.69) is 66.3 Å². The molecule has 0 unspecified atom stereocenters. The summed E-state index contributed by atoms with van der Waals surface area (Å²) in [6.45, 7) is 23.1. The number of carboxylic acid groups (broad SMARTS) is 1. The third-order valence-electron chi connectivity index (χ3n) is 19.8. The van der Waals surface area contributed by atoms with Gasteiger partial charge in [0.15, 0.2) is 0 Å². The Morgan fingerprint density at radius 3 is 2.27 bits per heavy atom. The topological polar surface area (TPSA) is 211 Å². The van der Waals surface area contributed by atoms with E-state index >= 15 is 0 Å². The second-order valence-corrected chi connectivity index (χ2v) is 26.3. The molecular formula is C59H92O16. The highest BCUT2D eigenvalue weighted by molar-refractivity contribution is 5.67. The average molecular weight is 1060 g/mol. The largest absolute Gasteiger partial charge is 0.481 e. The maximum absolute atomic E-state index is 12.4. The number of aliphatic carboxylic acids is 1. The lowest BCUT2D eigenvalue weighted by Crippen LogP contribution is -2.74. The van der Waals surface area contributed by atoms with E-state index in [0.29, 0.717) is 77.0 Å². The van der Waals surface area contributed by atoms with Crippen LogP contribution < -0.4 is 0 Å². The summed E-state index contributed by atoms with van der Waals surface area (Å²) in [5.74, 6) is -0.742. The normalized spacial score (nSPS) is 51.6. The fraction of sp³-hybridized carbons (Fsp3) is 0.881. The SMILES string of the molecule is C=C1C[C@H]2O[C@@H]3[C@@H](C[C@]2(C)O[C@@H]1C/C(C)=C/[C@@H](C)CO)O[C@H]1C[C@H]2O[C@H]4CC[C@H]5O[C@H]6C[C@H]7O[C@@H](C[C@H](O)C[C@@H]8C[C@@H](C)[C@@H]([C@@H](C)CC(=O)O)O8)[C@H](O)CC[C@@H]7O[C@]6(C)C[C@]5(C)O[C@@H]4C/C=C\[C@H](C)[C@@H]2O[C@]1(C)[C@H]3O. The minimum Gasteiger partial charge on any atom is -0.481 e. The first-order valence-electron chi connectivity index (χ1n) is 29.0. The minimum absolute atomic E-state index is 0.0214. The lowest BCUT2D eigenvalue weighted by atomic mass is 9.72. The Labute approximate surface area is 445 Å². The Bertz CT molecular complexity index is 2100. The lowest BCUT2D eigenvalue weighted by Gasteiger charge is -2.61. The van der Waals surface area contributed by atoms with Gasteiger partial charge in [0.05, 0.1) is 127 Å². The van der Waals surface area contributed by atoms with Crippen molar-refractivity contribution in [1.29, 1.82) is 0 Å². The molecule has 10 aliphatic heterocycles. The van der Waals surface area contributed by atoms with Crippen LogP contribution >= 0.6 is 0 Å². The zero-order valence-corrected chi connectivity index (χ0v) is 46.3. The summed E-state index contributed by atoms with van der Waals surface area (Å²) in [6.07, 6.45) is 6.94. The van der Waals surface area contributed by atoms with E-state index in [1.54, 1.807) is 0 Å². The molecule has 10 aliphatic rings. The van der Waals surface area contributed by atoms with Crippen LogP contribution in [-0.2, 0) is 52.2 Å². The summed E-state index contributed by atoms with van der Waals surface area (Å²) in [7, 11) is 0. The zero-order chi connectivity index (χ0) is 53.5. The van der Waals surface area contributed by atoms with Crippen LogP contribution in [0.3, 0.4) is 0 Å². The number of carboxylic acids is 1. The fourth-order valence-electron chi connectivity index (χ4n) is 15.8. The predicted octanol–water partition coefficient (Wildman–Crippen LogP) is 6.84. The van der Waals surface area contributed by atoms with Gasteiger partial charge in [-0.3, -0.25) is 4.79 Å². The van der Waals surface area contributed by atoms with E-state index in [0.717, 1.165) is 17.6 Å². The molecule has 16 heteroatoms. The van der Waals surface area contributed by atoms with Gasteiger partial charge in [-0.15, -0.1) is 0 Å². The third-order valence-corrected chi connectivity index (χ3v) is 19.8. The van der Waals surface area contributed by atoms with Crippen molar-refractivity contribution in [3.8, 4) is 0 Å². The molecule has 9 fully saturated rings. The van der Waals surface area contributed by atoms with Crippen LogP contribution in [0.2, 0.25) is 0 Å². The molecule has 10 heterocycles. The van der Waals surface area contributed by atoms with E-state index < -0.39 is 71.1 Å². The molecule has 0 aromatic heterocycles. The molecule has 9 saturated heterocycles. The van der Waals surface area contributed by atoms with Crippen molar-refractivity contribution in [2.45, 2.75) is 297 Å². The molecule has 0 radical (unpaired) electrons. The highest BCUT2D eigenvalue weighted by Gasteiger charge is 2.65. The monoisotopic (exact) mass is 1060 g/mol. The number of hydrogen-bond acceptors (Lipinski definition) is 15. The van der Waals surface area contributed by atoms with Crippen LogP contribution in [0.15, 0.2) is 36.0 Å². The Balaban J connectivity index is 0.787. The van der Waals surface area contributed by atoms with Gasteiger partial charge in [0.2, 0.25) is 0 Å². The number of aliphatic hydroxyl groups excluding tert-OH is 4. The summed E-state index contributed by atoms with van der Waals surface area (Å²) < 4.78 is 69.8. The highest BCUT2D eigenvalue weighted by atomic mass is 16.6. The quantitative estimate of drug-likeness (QED) is 0.134. The van der Waals surface area contributed by atoms with E-state index in [4.69, 9.17) is 47.4 Å². The number of ether oxygens (including phenoxy) is 10. The fourth-order valence-corrected chi connectivity index (χ4v) is 15.8. The van der Waals surface area contributed by atoms with Gasteiger partial charge in [-0.2, -0.15) is 0 Å². The molecule has 75 heavy (non-hydrogen) atoms. The van der Waals surface area contributed by atoms with Crippen molar-refractivity contribution in [2.75, 3.05) is 6.61 Å². The van der Waals surface area contributed by atoms with Gasteiger partial charge in [0.1, 0.15) is 17.8 Å². The summed E-state index contributed by atoms with van der Waals surface area (Å²) in [6, 6.07) is 0. The number of carbonyl (C=O) groups is 1. The Hall–Kier alpha value is -1.87. The van der Waals surface area contributed by atoms with E-state index in [1.165, 1.54) is 0 Å². The molecule has 0 aromatic rings. The smallest absolute Gasteiger partial charge is 0.303 e. The molecule has 10 rings (SSSR count). The van der Waals surface area contributed by atoms with Gasteiger partial charge in [-0.25, -0.2) is 0 Å². The molecule has 424 valence electrons. The standard InChI is InChI=1S/C59H92O16/c1-30(18-31(2)28-60)19-42-33(4)21-48-56(7,74-42)27-46-54(71-48)55(65)59(10)50(69-46)26-45-53(75-59)32(3)12-11-13-40-39(67-45)16-17-47-57(8,72-40)29-58(9)49(70-47)25-44-41(73-58)15-14-38(62)43(68-44)24-36(61)23-37-20-34(5)52(66-37)35(6)22-51(63)64/h11-12,18,31-32,34-50,52-55,60-62,65H,4,13-17,19-29H2,1-3,5-10H3,(H,63,64)/b12-11-,30-18+/t31-,32+,34-,35+,36-,37+,38-,39+,40-,41+,42-,43+,44-,45-,46-,47-,48-,49+,50+,52+,53+,54-,55+,56+,57+,58-,59+/m1/s1. The second kappa shape index (κ2) is 21.9. The number of hydrogen-bond donors (Lipinski definition) is 5. The zero-order valence-electron chi connectivity index (χ0n) is 46.3. The number of rotatable bonds is 11. The first kappa shape index (κ1) is 56.4. The van der Waals surface area contributed by atoms with Crippen LogP contribution in [0.4, 0.5) is 0 Å². The van der Waals surface area contributed by atoms with E-state index in [-0.39, 0.29) is 116 Å². The van der Waals surface area contributed by atoms with Gasteiger partial charge < -0.3 is 72.9 Å². The molecule has 0 spiro atoms. The van der Waals surface area contributed by atoms with Crippen molar-refractivity contribution in [3.63, 3.8) is 0 Å². The second-order valence-electron chi connectivity index (χ2n) is 26.3. The van der Waals surface area contributed by atoms with Crippen LogP contribution in [0.1, 0.15) is 159 Å². The van der Waals surface area contributed by atoms with Crippen LogP contribution in [0, 0.1) is 23.7 Å². The van der Waals surface area contributed by atoms with Crippen molar-refractivity contribution in [1.82, 2.24) is 0 Å². The van der Waals surface area contributed by atoms with Gasteiger partial charge in [0, 0.05) is 44.6 Å². The Kier molecular flexibility index (Phi) is 16.5. The van der Waals surface area contributed by atoms with Crippen LogP contribution in [-0.4, -0.2) is 176 Å². The third kappa shape index (κ3) is 11.3. The first-order valence-corrected chi connectivity index (χ1v) is 29.0. The van der Waals surface area contributed by atoms with Gasteiger partial charge >= 0.3 is 5.97 Å². The van der Waals surface area contributed by atoms with Crippen molar-refractivity contribution >= 4 is 5.97 Å². The summed E-state index contributed by atoms with van der Waals surface area (Å²) in [5.41, 5.74) is -0.952. The molecular weight excluding hydrogens is 965 g/mol. The molecule has 0 aromatic carbocycles. The molecule has 0 aliphatic carbocycles. The molecule has 0 saturated carbocycles. The van der Waals surface area contributed by atoms with Gasteiger partial charge in [-0.05, 0) is 116 Å². The molecule has 5 N–H and O–H groups in total.